The average molecular weight is 516 g/mol. The number of benzene rings is 3. The van der Waals surface area contributed by atoms with E-state index in [9.17, 15) is 18.0 Å². The van der Waals surface area contributed by atoms with Gasteiger partial charge in [0.1, 0.15) is 6.54 Å². The number of aromatic nitrogens is 1. The van der Waals surface area contributed by atoms with Crippen LogP contribution >= 0.6 is 22.9 Å². The molecule has 0 aliphatic heterocycles. The minimum atomic E-state index is -4.01. The van der Waals surface area contributed by atoms with Crippen LogP contribution in [0.2, 0.25) is 5.02 Å². The molecule has 0 spiro atoms. The normalized spacial score (nSPS) is 11.6. The number of halogens is 1. The molecule has 10 heteroatoms. The third kappa shape index (κ3) is 4.86. The van der Waals surface area contributed by atoms with Gasteiger partial charge in [0.2, 0.25) is 5.91 Å². The molecule has 176 valence electrons. The molecule has 34 heavy (non-hydrogen) atoms. The molecule has 0 radical (unpaired) electrons. The Morgan fingerprint density at radius 1 is 1.06 bits per heavy atom. The molecule has 0 saturated carbocycles. The van der Waals surface area contributed by atoms with Crippen LogP contribution in [0.3, 0.4) is 0 Å². The molecule has 7 nitrogen and oxygen atoms in total. The van der Waals surface area contributed by atoms with E-state index in [0.717, 1.165) is 25.9 Å². The molecule has 4 rings (SSSR count). The monoisotopic (exact) mass is 515 g/mol. The third-order valence-corrected chi connectivity index (χ3v) is 8.10. The minimum absolute atomic E-state index is 0.0119. The van der Waals surface area contributed by atoms with Crippen molar-refractivity contribution in [2.75, 3.05) is 16.2 Å². The highest BCUT2D eigenvalue weighted by Crippen LogP contribution is 2.27. The minimum Gasteiger partial charge on any atom is -0.324 e. The Hall–Kier alpha value is -3.14. The van der Waals surface area contributed by atoms with Crippen LogP contribution in [-0.2, 0) is 14.8 Å². The lowest BCUT2D eigenvalue weighted by molar-refractivity contribution is -0.114. The van der Waals surface area contributed by atoms with Gasteiger partial charge in [0.15, 0.2) is 0 Å². The molecule has 0 atom stereocenters. The standard InChI is InChI=1S/C24H22ClN3O4S2/c1-16(2)28-21-13-10-18(14-22(21)33-24(28)30)26-23(29)15-27(19-11-8-17(25)9-12-19)34(31,32)20-6-4-3-5-7-20/h3-14,16H,15H2,1-2H3,(H,26,29). The topological polar surface area (TPSA) is 88.5 Å². The Kier molecular flexibility index (Phi) is 6.79. The van der Waals surface area contributed by atoms with Gasteiger partial charge in [-0.15, -0.1) is 0 Å². The maximum atomic E-state index is 13.4. The maximum Gasteiger partial charge on any atom is 0.308 e. The molecule has 1 heterocycles. The molecule has 0 aliphatic rings. The van der Waals surface area contributed by atoms with E-state index in [0.29, 0.717) is 16.4 Å². The van der Waals surface area contributed by atoms with Crippen molar-refractivity contribution < 1.29 is 13.2 Å². The first-order valence-electron chi connectivity index (χ1n) is 10.4. The lowest BCUT2D eigenvalue weighted by Crippen LogP contribution is -2.38. The molecule has 0 aliphatic carbocycles. The first-order chi connectivity index (χ1) is 16.2. The van der Waals surface area contributed by atoms with Gasteiger partial charge in [-0.3, -0.25) is 18.5 Å². The van der Waals surface area contributed by atoms with Crippen molar-refractivity contribution in [2.24, 2.45) is 0 Å². The predicted octanol–water partition coefficient (Wildman–Crippen LogP) is 5.13. The molecule has 0 saturated heterocycles. The summed E-state index contributed by atoms with van der Waals surface area (Å²) in [5.74, 6) is -0.524. The van der Waals surface area contributed by atoms with Gasteiger partial charge in [-0.05, 0) is 68.4 Å². The number of nitrogens with one attached hydrogen (secondary N) is 1. The van der Waals surface area contributed by atoms with Gasteiger partial charge in [0, 0.05) is 16.8 Å². The second kappa shape index (κ2) is 9.61. The lowest BCUT2D eigenvalue weighted by Gasteiger charge is -2.24. The molecule has 0 fully saturated rings. The van der Waals surface area contributed by atoms with E-state index in [1.807, 2.05) is 13.8 Å². The van der Waals surface area contributed by atoms with Crippen molar-refractivity contribution in [1.82, 2.24) is 4.57 Å². The van der Waals surface area contributed by atoms with Crippen molar-refractivity contribution in [3.63, 3.8) is 0 Å². The van der Waals surface area contributed by atoms with Gasteiger partial charge in [-0.2, -0.15) is 0 Å². The van der Waals surface area contributed by atoms with Crippen LogP contribution in [0.15, 0.2) is 82.5 Å². The van der Waals surface area contributed by atoms with Gasteiger partial charge in [0.25, 0.3) is 10.0 Å². The maximum absolute atomic E-state index is 13.4. The number of carbonyl (C=O) groups is 1. The van der Waals surface area contributed by atoms with Gasteiger partial charge in [0.05, 0.1) is 20.8 Å². The van der Waals surface area contributed by atoms with Crippen LogP contribution in [0.5, 0.6) is 0 Å². The summed E-state index contributed by atoms with van der Waals surface area (Å²) in [6.07, 6.45) is 0. The van der Waals surface area contributed by atoms with Gasteiger partial charge in [-0.25, -0.2) is 8.42 Å². The average Bonchev–Trinajstić information content (AvgIpc) is 3.14. The summed E-state index contributed by atoms with van der Waals surface area (Å²) in [4.78, 5) is 25.2. The zero-order chi connectivity index (χ0) is 24.5. The van der Waals surface area contributed by atoms with Crippen molar-refractivity contribution in [2.45, 2.75) is 24.8 Å². The van der Waals surface area contributed by atoms with Crippen LogP contribution in [0.4, 0.5) is 11.4 Å². The molecule has 3 aromatic carbocycles. The molecule has 1 aromatic heterocycles. The third-order valence-electron chi connectivity index (χ3n) is 5.15. The molecule has 0 unspecified atom stereocenters. The molecule has 1 N–H and O–H groups in total. The highest BCUT2D eigenvalue weighted by atomic mass is 35.5. The largest absolute Gasteiger partial charge is 0.324 e. The number of amides is 1. The van der Waals surface area contributed by atoms with Crippen LogP contribution in [-0.4, -0.2) is 25.4 Å². The molecule has 4 aromatic rings. The van der Waals surface area contributed by atoms with Crippen LogP contribution in [0.25, 0.3) is 10.2 Å². The summed E-state index contributed by atoms with van der Waals surface area (Å²) >= 11 is 7.07. The fraction of sp³-hybridized carbons (Fsp3) is 0.167. The molecule has 1 amide bonds. The van der Waals surface area contributed by atoms with Crippen molar-refractivity contribution in [1.29, 1.82) is 0 Å². The number of hydrogen-bond donors (Lipinski definition) is 1. The SMILES string of the molecule is CC(C)n1c(=O)sc2cc(NC(=O)CN(c3ccc(Cl)cc3)S(=O)(=O)c3ccccc3)ccc21. The highest BCUT2D eigenvalue weighted by Gasteiger charge is 2.27. The van der Waals surface area contributed by atoms with E-state index in [1.165, 1.54) is 12.1 Å². The summed E-state index contributed by atoms with van der Waals surface area (Å²) in [6, 6.07) is 19.4. The van der Waals surface area contributed by atoms with E-state index < -0.39 is 22.5 Å². The van der Waals surface area contributed by atoms with Crippen molar-refractivity contribution in [3.8, 4) is 0 Å². The highest BCUT2D eigenvalue weighted by molar-refractivity contribution is 7.92. The summed E-state index contributed by atoms with van der Waals surface area (Å²) in [6.45, 7) is 3.42. The Labute approximate surface area is 206 Å². The fourth-order valence-electron chi connectivity index (χ4n) is 3.58. The Morgan fingerprint density at radius 2 is 1.74 bits per heavy atom. The van der Waals surface area contributed by atoms with Gasteiger partial charge >= 0.3 is 4.87 Å². The Bertz CT molecular complexity index is 1500. The summed E-state index contributed by atoms with van der Waals surface area (Å²) in [7, 11) is -4.01. The number of nitrogens with zero attached hydrogens (tertiary/aromatic N) is 2. The molecular formula is C24H22ClN3O4S2. The molecule has 0 bridgehead atoms. The number of rotatable bonds is 7. The number of thiazole rings is 1. The van der Waals surface area contributed by atoms with Crippen molar-refractivity contribution in [3.05, 3.63) is 87.5 Å². The predicted molar refractivity (Wildman–Crippen MR) is 138 cm³/mol. The lowest BCUT2D eigenvalue weighted by atomic mass is 10.2. The quantitative estimate of drug-likeness (QED) is 0.369. The number of fused-ring (bicyclic) bond motifs is 1. The number of anilines is 2. The van der Waals surface area contributed by atoms with Crippen LogP contribution in [0, 0.1) is 0 Å². The van der Waals surface area contributed by atoms with E-state index in [-0.39, 0.29) is 15.8 Å². The molecular weight excluding hydrogens is 494 g/mol. The second-order valence-corrected chi connectivity index (χ2v) is 11.2. The van der Waals surface area contributed by atoms with E-state index in [4.69, 9.17) is 11.6 Å². The summed E-state index contributed by atoms with van der Waals surface area (Å²) in [5, 5.41) is 3.20. The number of sulfonamides is 1. The summed E-state index contributed by atoms with van der Waals surface area (Å²) < 4.78 is 30.2. The second-order valence-electron chi connectivity index (χ2n) is 7.86. The van der Waals surface area contributed by atoms with Gasteiger partial charge < -0.3 is 5.32 Å². The zero-order valence-electron chi connectivity index (χ0n) is 18.4. The number of hydrogen-bond acceptors (Lipinski definition) is 5. The fourth-order valence-corrected chi connectivity index (χ4v) is 6.20. The van der Waals surface area contributed by atoms with Crippen LogP contribution < -0.4 is 14.5 Å². The summed E-state index contributed by atoms with van der Waals surface area (Å²) in [5.41, 5.74) is 1.58. The van der Waals surface area contributed by atoms with E-state index in [2.05, 4.69) is 5.32 Å². The Morgan fingerprint density at radius 3 is 2.38 bits per heavy atom. The Balaban J connectivity index is 1.63. The first kappa shape index (κ1) is 24.0. The smallest absolute Gasteiger partial charge is 0.308 e. The number of carbonyl (C=O) groups excluding carboxylic acids is 1. The van der Waals surface area contributed by atoms with Gasteiger partial charge in [-0.1, -0.05) is 41.1 Å². The van der Waals surface area contributed by atoms with E-state index in [1.54, 1.807) is 65.2 Å². The zero-order valence-corrected chi connectivity index (χ0v) is 20.8. The first-order valence-corrected chi connectivity index (χ1v) is 13.1. The van der Waals surface area contributed by atoms with Crippen LogP contribution in [0.1, 0.15) is 19.9 Å². The van der Waals surface area contributed by atoms with E-state index >= 15 is 0 Å². The van der Waals surface area contributed by atoms with Crippen molar-refractivity contribution >= 4 is 60.5 Å².